The van der Waals surface area contributed by atoms with Crippen molar-refractivity contribution in [1.29, 1.82) is 0 Å². The zero-order valence-electron chi connectivity index (χ0n) is 18.9. The number of H-pyrrole nitrogens is 1. The number of ether oxygens (including phenoxy) is 1. The molecule has 0 bridgehead atoms. The van der Waals surface area contributed by atoms with Crippen LogP contribution in [-0.2, 0) is 25.0 Å². The molecular weight excluding hydrogens is 416 g/mol. The Hall–Kier alpha value is -3.48. The zero-order chi connectivity index (χ0) is 22.8. The topological polar surface area (TPSA) is 79.2 Å². The van der Waals surface area contributed by atoms with E-state index in [-0.39, 0.29) is 29.2 Å². The molecule has 3 aromatic rings. The number of pyridine rings is 1. The van der Waals surface area contributed by atoms with E-state index >= 15 is 0 Å². The molecule has 1 aliphatic carbocycles. The van der Waals surface area contributed by atoms with Crippen LogP contribution in [-0.4, -0.2) is 34.4 Å². The van der Waals surface area contributed by atoms with Gasteiger partial charge in [-0.1, -0.05) is 49.2 Å². The van der Waals surface area contributed by atoms with E-state index in [1.807, 2.05) is 53.2 Å². The van der Waals surface area contributed by atoms with Crippen molar-refractivity contribution in [2.45, 2.75) is 50.7 Å². The van der Waals surface area contributed by atoms with Gasteiger partial charge in [-0.05, 0) is 30.5 Å². The van der Waals surface area contributed by atoms with Gasteiger partial charge in [0, 0.05) is 24.4 Å². The van der Waals surface area contributed by atoms with Crippen LogP contribution in [0.1, 0.15) is 53.3 Å². The molecule has 0 atom stereocenters. The van der Waals surface area contributed by atoms with Crippen LogP contribution in [0, 0.1) is 0 Å². The number of aromatic nitrogens is 3. The SMILES string of the molecule is CN1CC[n+]2c(CC3(c4ccccn4)CCCC3)[nH]c(=O)c(OCc3ccccc3)c2C1=O. The molecule has 0 unspecified atom stereocenters. The van der Waals surface area contributed by atoms with Gasteiger partial charge in [-0.2, -0.15) is 0 Å². The van der Waals surface area contributed by atoms with Crippen molar-refractivity contribution in [2.75, 3.05) is 13.6 Å². The Labute approximate surface area is 193 Å². The first-order valence-corrected chi connectivity index (χ1v) is 11.6. The summed E-state index contributed by atoms with van der Waals surface area (Å²) in [6, 6.07) is 15.7. The van der Waals surface area contributed by atoms with E-state index in [4.69, 9.17) is 4.74 Å². The number of rotatable bonds is 6. The summed E-state index contributed by atoms with van der Waals surface area (Å²) < 4.78 is 7.92. The third-order valence-corrected chi connectivity index (χ3v) is 6.98. The van der Waals surface area contributed by atoms with Gasteiger partial charge in [0.15, 0.2) is 0 Å². The maximum Gasteiger partial charge on any atom is 0.378 e. The Bertz CT molecular complexity index is 1200. The molecule has 1 fully saturated rings. The van der Waals surface area contributed by atoms with Gasteiger partial charge >= 0.3 is 5.56 Å². The number of hydrogen-bond acceptors (Lipinski definition) is 4. The van der Waals surface area contributed by atoms with Crippen LogP contribution in [0.4, 0.5) is 0 Å². The predicted octanol–water partition coefficient (Wildman–Crippen LogP) is 2.78. The van der Waals surface area contributed by atoms with Crippen LogP contribution < -0.4 is 14.9 Å². The van der Waals surface area contributed by atoms with Gasteiger partial charge in [-0.3, -0.25) is 9.78 Å². The van der Waals surface area contributed by atoms with Gasteiger partial charge < -0.3 is 9.64 Å². The second-order valence-electron chi connectivity index (χ2n) is 9.11. The van der Waals surface area contributed by atoms with Crippen LogP contribution in [0.3, 0.4) is 0 Å². The first-order valence-electron chi connectivity index (χ1n) is 11.6. The Morgan fingerprint density at radius 1 is 1.09 bits per heavy atom. The number of aromatic amines is 1. The van der Waals surface area contributed by atoms with Gasteiger partial charge in [0.05, 0.1) is 13.0 Å². The molecular formula is C26H29N4O3+. The average molecular weight is 446 g/mol. The van der Waals surface area contributed by atoms with Crippen molar-refractivity contribution < 1.29 is 14.1 Å². The van der Waals surface area contributed by atoms with Gasteiger partial charge in [0.2, 0.25) is 5.69 Å². The summed E-state index contributed by atoms with van der Waals surface area (Å²) in [6.07, 6.45) is 6.77. The fourth-order valence-corrected chi connectivity index (χ4v) is 5.19. The van der Waals surface area contributed by atoms with Gasteiger partial charge in [0.1, 0.15) is 13.2 Å². The highest BCUT2D eigenvalue weighted by Crippen LogP contribution is 2.42. The number of nitrogens with one attached hydrogen (secondary N) is 1. The summed E-state index contributed by atoms with van der Waals surface area (Å²) in [7, 11) is 1.76. The van der Waals surface area contributed by atoms with Gasteiger partial charge in [-0.15, -0.1) is 0 Å². The van der Waals surface area contributed by atoms with Crippen molar-refractivity contribution in [3.63, 3.8) is 0 Å². The zero-order valence-corrected chi connectivity index (χ0v) is 18.9. The molecule has 2 aliphatic rings. The van der Waals surface area contributed by atoms with Gasteiger partial charge in [-0.25, -0.2) is 14.3 Å². The van der Waals surface area contributed by atoms with Crippen molar-refractivity contribution in [3.8, 4) is 5.75 Å². The summed E-state index contributed by atoms with van der Waals surface area (Å²) >= 11 is 0. The molecule has 7 heteroatoms. The molecule has 1 saturated carbocycles. The number of fused-ring (bicyclic) bond motifs is 1. The van der Waals surface area contributed by atoms with E-state index < -0.39 is 0 Å². The normalized spacial score (nSPS) is 17.1. The molecule has 0 radical (unpaired) electrons. The smallest absolute Gasteiger partial charge is 0.378 e. The van der Waals surface area contributed by atoms with E-state index in [0.717, 1.165) is 42.8 Å². The highest BCUT2D eigenvalue weighted by atomic mass is 16.5. The average Bonchev–Trinajstić information content (AvgIpc) is 3.32. The van der Waals surface area contributed by atoms with E-state index in [2.05, 4.69) is 16.0 Å². The first kappa shape index (κ1) is 21.4. The lowest BCUT2D eigenvalue weighted by Crippen LogP contribution is -2.58. The number of benzene rings is 1. The molecule has 170 valence electrons. The molecule has 33 heavy (non-hydrogen) atoms. The van der Waals surface area contributed by atoms with Crippen LogP contribution in [0.5, 0.6) is 5.75 Å². The summed E-state index contributed by atoms with van der Waals surface area (Å²) in [6.45, 7) is 1.43. The van der Waals surface area contributed by atoms with Crippen LogP contribution in [0.15, 0.2) is 59.5 Å². The summed E-state index contributed by atoms with van der Waals surface area (Å²) in [4.78, 5) is 35.8. The molecule has 7 nitrogen and oxygen atoms in total. The van der Waals surface area contributed by atoms with Crippen molar-refractivity contribution >= 4 is 5.91 Å². The lowest BCUT2D eigenvalue weighted by Gasteiger charge is -2.29. The third-order valence-electron chi connectivity index (χ3n) is 6.98. The van der Waals surface area contributed by atoms with Crippen molar-refractivity contribution in [1.82, 2.24) is 14.9 Å². The fraction of sp³-hybridized carbons (Fsp3) is 0.385. The number of carbonyl (C=O) groups excluding carboxylic acids is 1. The Morgan fingerprint density at radius 3 is 2.58 bits per heavy atom. The monoisotopic (exact) mass is 445 g/mol. The molecule has 0 saturated heterocycles. The van der Waals surface area contributed by atoms with E-state index in [9.17, 15) is 9.59 Å². The second-order valence-corrected chi connectivity index (χ2v) is 9.11. The molecule has 1 aliphatic heterocycles. The Kier molecular flexibility index (Phi) is 5.70. The van der Waals surface area contributed by atoms with E-state index in [1.54, 1.807) is 11.9 Å². The lowest BCUT2D eigenvalue weighted by atomic mass is 9.78. The van der Waals surface area contributed by atoms with Crippen LogP contribution in [0.25, 0.3) is 0 Å². The second kappa shape index (κ2) is 8.81. The van der Waals surface area contributed by atoms with E-state index in [0.29, 0.717) is 25.2 Å². The minimum absolute atomic E-state index is 0.0949. The Balaban J connectivity index is 1.56. The molecule has 0 spiro atoms. The minimum Gasteiger partial charge on any atom is -0.478 e. The largest absolute Gasteiger partial charge is 0.478 e. The third kappa shape index (κ3) is 4.03. The number of likely N-dealkylation sites (N-methyl/N-ethyl adjacent to an activating group) is 1. The highest BCUT2D eigenvalue weighted by molar-refractivity contribution is 5.93. The standard InChI is InChI=1S/C26H28N4O3/c1-29-15-16-30-21(17-26(12-6-7-13-26)20-11-5-8-14-27-20)28-24(31)23(22(30)25(29)32)33-18-19-9-3-2-4-10-19/h2-5,8-11,14H,6-7,12-13,15-18H2,1H3/p+1. The van der Waals surface area contributed by atoms with Gasteiger partial charge in [0.25, 0.3) is 17.5 Å². The lowest BCUT2D eigenvalue weighted by molar-refractivity contribution is -0.713. The molecule has 2 aromatic heterocycles. The van der Waals surface area contributed by atoms with E-state index in [1.165, 1.54) is 0 Å². The summed E-state index contributed by atoms with van der Waals surface area (Å²) in [5.74, 6) is 0.684. The Morgan fingerprint density at radius 2 is 1.85 bits per heavy atom. The minimum atomic E-state index is -0.356. The maximum atomic E-state index is 13.2. The molecule has 1 N–H and O–H groups in total. The molecule has 3 heterocycles. The summed E-state index contributed by atoms with van der Waals surface area (Å²) in [5, 5.41) is 0. The molecule has 1 amide bonds. The summed E-state index contributed by atoms with van der Waals surface area (Å²) in [5.41, 5.74) is 1.85. The predicted molar refractivity (Wildman–Crippen MR) is 123 cm³/mol. The van der Waals surface area contributed by atoms with Crippen LogP contribution >= 0.6 is 0 Å². The number of amides is 1. The van der Waals surface area contributed by atoms with Crippen molar-refractivity contribution in [3.05, 3.63) is 87.9 Å². The number of nitrogens with zero attached hydrogens (tertiary/aromatic N) is 3. The first-order chi connectivity index (χ1) is 16.1. The molecule has 1 aromatic carbocycles. The quantitative estimate of drug-likeness (QED) is 0.592. The van der Waals surface area contributed by atoms with Crippen LogP contribution in [0.2, 0.25) is 0 Å². The number of carbonyl (C=O) groups is 1. The number of hydrogen-bond donors (Lipinski definition) is 1. The molecule has 5 rings (SSSR count). The fourth-order valence-electron chi connectivity index (χ4n) is 5.19. The maximum absolute atomic E-state index is 13.2. The highest BCUT2D eigenvalue weighted by Gasteiger charge is 2.42. The van der Waals surface area contributed by atoms with Crippen molar-refractivity contribution in [2.24, 2.45) is 0 Å².